The van der Waals surface area contributed by atoms with Gasteiger partial charge in [0.15, 0.2) is 5.96 Å². The van der Waals surface area contributed by atoms with Crippen LogP contribution in [0.15, 0.2) is 29.3 Å². The van der Waals surface area contributed by atoms with Gasteiger partial charge in [0.25, 0.3) is 5.91 Å². The molecule has 0 unspecified atom stereocenters. The molecule has 0 aliphatic heterocycles. The van der Waals surface area contributed by atoms with Crippen molar-refractivity contribution < 1.29 is 19.5 Å². The smallest absolute Gasteiger partial charge is 0.325 e. The Kier molecular flexibility index (Phi) is 5.87. The number of carbonyl (C=O) groups is 3. The number of nitrogens with zero attached hydrogens (tertiary/aromatic N) is 1. The number of hydrogen-bond acceptors (Lipinski definition) is 4. The Morgan fingerprint density at radius 3 is 2.59 bits per heavy atom. The van der Waals surface area contributed by atoms with Crippen molar-refractivity contribution in [2.75, 3.05) is 6.54 Å². The summed E-state index contributed by atoms with van der Waals surface area (Å²) in [6.45, 7) is 0.976. The zero-order chi connectivity index (χ0) is 16.7. The van der Waals surface area contributed by atoms with Gasteiger partial charge in [-0.25, -0.2) is 4.99 Å². The minimum absolute atomic E-state index is 0.139. The molecule has 1 atom stereocenters. The van der Waals surface area contributed by atoms with Gasteiger partial charge in [-0.05, 0) is 25.1 Å². The van der Waals surface area contributed by atoms with Gasteiger partial charge in [0.2, 0.25) is 5.91 Å². The highest BCUT2D eigenvalue weighted by molar-refractivity contribution is 5.97. The van der Waals surface area contributed by atoms with Crippen molar-refractivity contribution in [3.8, 4) is 0 Å². The molecular formula is C13H17N5O4. The molecule has 1 aromatic rings. The van der Waals surface area contributed by atoms with Gasteiger partial charge >= 0.3 is 5.97 Å². The van der Waals surface area contributed by atoms with E-state index in [1.165, 1.54) is 19.1 Å². The molecule has 22 heavy (non-hydrogen) atoms. The second-order valence-corrected chi connectivity index (χ2v) is 4.40. The van der Waals surface area contributed by atoms with Gasteiger partial charge in [0, 0.05) is 5.56 Å². The normalized spacial score (nSPS) is 11.1. The molecule has 118 valence electrons. The summed E-state index contributed by atoms with van der Waals surface area (Å²) in [4.78, 5) is 37.7. The second-order valence-electron chi connectivity index (χ2n) is 4.40. The monoisotopic (exact) mass is 307 g/mol. The van der Waals surface area contributed by atoms with E-state index in [0.717, 1.165) is 0 Å². The largest absolute Gasteiger partial charge is 0.480 e. The molecule has 0 fully saturated rings. The molecular weight excluding hydrogens is 290 g/mol. The van der Waals surface area contributed by atoms with Gasteiger partial charge in [-0.1, -0.05) is 6.07 Å². The Labute approximate surface area is 126 Å². The first-order valence-electron chi connectivity index (χ1n) is 6.29. The first-order valence-corrected chi connectivity index (χ1v) is 6.29. The van der Waals surface area contributed by atoms with Crippen LogP contribution in [0.4, 0.5) is 5.69 Å². The Balaban J connectivity index is 2.61. The van der Waals surface area contributed by atoms with E-state index in [2.05, 4.69) is 15.6 Å². The summed E-state index contributed by atoms with van der Waals surface area (Å²) in [6, 6.07) is 5.14. The van der Waals surface area contributed by atoms with Crippen molar-refractivity contribution in [3.05, 3.63) is 29.8 Å². The van der Waals surface area contributed by atoms with E-state index in [9.17, 15) is 14.4 Å². The molecule has 2 amide bonds. The zero-order valence-corrected chi connectivity index (χ0v) is 11.9. The number of hydrogen-bond donors (Lipinski definition) is 5. The fourth-order valence-corrected chi connectivity index (χ4v) is 1.48. The highest BCUT2D eigenvalue weighted by atomic mass is 16.4. The van der Waals surface area contributed by atoms with Gasteiger partial charge < -0.3 is 27.2 Å². The average Bonchev–Trinajstić information content (AvgIpc) is 2.44. The third-order valence-electron chi connectivity index (χ3n) is 2.52. The lowest BCUT2D eigenvalue weighted by Crippen LogP contribution is -2.44. The lowest BCUT2D eigenvalue weighted by Gasteiger charge is -2.10. The molecule has 1 rings (SSSR count). The maximum atomic E-state index is 11.9. The maximum absolute atomic E-state index is 11.9. The zero-order valence-electron chi connectivity index (χ0n) is 11.9. The van der Waals surface area contributed by atoms with Crippen molar-refractivity contribution >= 4 is 29.4 Å². The van der Waals surface area contributed by atoms with Gasteiger partial charge in [0.1, 0.15) is 6.04 Å². The number of carboxylic acid groups (broad SMARTS) is 1. The number of nitrogens with one attached hydrogen (secondary N) is 2. The molecule has 0 bridgehead atoms. The predicted octanol–water partition coefficient (Wildman–Crippen LogP) is -1.09. The number of benzene rings is 1. The summed E-state index contributed by atoms with van der Waals surface area (Å²) in [6.07, 6.45) is 0. The second kappa shape index (κ2) is 7.62. The molecule has 0 radical (unpaired) electrons. The third-order valence-corrected chi connectivity index (χ3v) is 2.52. The van der Waals surface area contributed by atoms with Gasteiger partial charge in [-0.2, -0.15) is 0 Å². The summed E-state index contributed by atoms with van der Waals surface area (Å²) < 4.78 is 0. The molecule has 1 aromatic carbocycles. The lowest BCUT2D eigenvalue weighted by molar-refractivity contribution is -0.141. The summed E-state index contributed by atoms with van der Waals surface area (Å²) in [5.41, 5.74) is 11.2. The van der Waals surface area contributed by atoms with Crippen LogP contribution in [-0.2, 0) is 9.59 Å². The molecule has 0 aromatic heterocycles. The van der Waals surface area contributed by atoms with Crippen LogP contribution in [0.3, 0.4) is 0 Å². The van der Waals surface area contributed by atoms with Crippen LogP contribution in [0.1, 0.15) is 17.3 Å². The summed E-state index contributed by atoms with van der Waals surface area (Å²) in [5, 5.41) is 13.2. The van der Waals surface area contributed by atoms with Crippen molar-refractivity contribution in [1.29, 1.82) is 0 Å². The number of rotatable bonds is 6. The predicted molar refractivity (Wildman–Crippen MR) is 79.5 cm³/mol. The Hall–Kier alpha value is -3.10. The molecule has 9 nitrogen and oxygen atoms in total. The van der Waals surface area contributed by atoms with Crippen LogP contribution >= 0.6 is 0 Å². The number of nitrogens with two attached hydrogens (primary N) is 2. The standard InChI is InChI=1S/C13H17N5O4/c1-7(12(21)22)17-10(19)6-16-11(20)8-3-2-4-9(5-8)18-13(14)15/h2-5,7H,6H2,1H3,(H,16,20)(H,17,19)(H,21,22)(H4,14,15,18)/t7-/m1/s1. The minimum Gasteiger partial charge on any atom is -0.480 e. The maximum Gasteiger partial charge on any atom is 0.325 e. The number of guanidine groups is 1. The van der Waals surface area contributed by atoms with Crippen LogP contribution in [0.25, 0.3) is 0 Å². The first kappa shape index (κ1) is 17.0. The fourth-order valence-electron chi connectivity index (χ4n) is 1.48. The number of carboxylic acids is 1. The Morgan fingerprint density at radius 2 is 2.00 bits per heavy atom. The van der Waals surface area contributed by atoms with Crippen LogP contribution in [0, 0.1) is 0 Å². The quantitative estimate of drug-likeness (QED) is 0.331. The van der Waals surface area contributed by atoms with Crippen LogP contribution in [-0.4, -0.2) is 41.4 Å². The highest BCUT2D eigenvalue weighted by Gasteiger charge is 2.14. The van der Waals surface area contributed by atoms with E-state index in [1.807, 2.05) is 0 Å². The van der Waals surface area contributed by atoms with E-state index in [-0.39, 0.29) is 18.1 Å². The summed E-state index contributed by atoms with van der Waals surface area (Å²) in [7, 11) is 0. The number of aliphatic imine (C=N–C) groups is 1. The molecule has 0 aliphatic carbocycles. The Morgan fingerprint density at radius 1 is 1.32 bits per heavy atom. The summed E-state index contributed by atoms with van der Waals surface area (Å²) >= 11 is 0. The van der Waals surface area contributed by atoms with Crippen molar-refractivity contribution in [1.82, 2.24) is 10.6 Å². The van der Waals surface area contributed by atoms with E-state index >= 15 is 0 Å². The topological polar surface area (TPSA) is 160 Å². The number of aliphatic carboxylic acids is 1. The van der Waals surface area contributed by atoms with E-state index in [0.29, 0.717) is 5.69 Å². The molecule has 7 N–H and O–H groups in total. The molecule has 0 heterocycles. The average molecular weight is 307 g/mol. The third kappa shape index (κ3) is 5.49. The van der Waals surface area contributed by atoms with Crippen molar-refractivity contribution in [3.63, 3.8) is 0 Å². The summed E-state index contributed by atoms with van der Waals surface area (Å²) in [5.74, 6) is -2.42. The van der Waals surface area contributed by atoms with Crippen molar-refractivity contribution in [2.45, 2.75) is 13.0 Å². The highest BCUT2D eigenvalue weighted by Crippen LogP contribution is 2.13. The van der Waals surface area contributed by atoms with Crippen LogP contribution < -0.4 is 22.1 Å². The first-order chi connectivity index (χ1) is 10.3. The number of amides is 2. The van der Waals surface area contributed by atoms with E-state index in [4.69, 9.17) is 16.6 Å². The minimum atomic E-state index is -1.16. The molecule has 9 heteroatoms. The van der Waals surface area contributed by atoms with E-state index < -0.39 is 23.8 Å². The van der Waals surface area contributed by atoms with Gasteiger partial charge in [-0.3, -0.25) is 14.4 Å². The number of carbonyl (C=O) groups excluding carboxylic acids is 2. The van der Waals surface area contributed by atoms with Crippen LogP contribution in [0.2, 0.25) is 0 Å². The molecule has 0 aliphatic rings. The SMILES string of the molecule is C[C@@H](NC(=O)CNC(=O)c1cccc(N=C(N)N)c1)C(=O)O. The Bertz CT molecular complexity index is 610. The lowest BCUT2D eigenvalue weighted by atomic mass is 10.2. The molecule has 0 spiro atoms. The van der Waals surface area contributed by atoms with Crippen molar-refractivity contribution in [2.24, 2.45) is 16.5 Å². The van der Waals surface area contributed by atoms with Gasteiger partial charge in [0.05, 0.1) is 12.2 Å². The van der Waals surface area contributed by atoms with Gasteiger partial charge in [-0.15, -0.1) is 0 Å². The van der Waals surface area contributed by atoms with E-state index in [1.54, 1.807) is 12.1 Å². The van der Waals surface area contributed by atoms with Crippen LogP contribution in [0.5, 0.6) is 0 Å². The fraction of sp³-hybridized carbons (Fsp3) is 0.231. The molecule has 0 saturated carbocycles. The molecule has 0 saturated heterocycles.